The number of amides is 1. The van der Waals surface area contributed by atoms with E-state index in [1.807, 2.05) is 61.5 Å². The molecule has 0 aromatic heterocycles. The third-order valence-electron chi connectivity index (χ3n) is 2.90. The smallest absolute Gasteiger partial charge is 0.283 e. The Balaban J connectivity index is 1.90. The topological polar surface area (TPSA) is 41.1 Å². The van der Waals surface area contributed by atoms with Crippen molar-refractivity contribution in [1.29, 1.82) is 0 Å². The van der Waals surface area contributed by atoms with Crippen LogP contribution in [0.15, 0.2) is 54.6 Å². The fourth-order valence-corrected chi connectivity index (χ4v) is 1.87. The van der Waals surface area contributed by atoms with Crippen LogP contribution in [0.25, 0.3) is 0 Å². The third kappa shape index (κ3) is 3.90. The number of rotatable bonds is 3. The van der Waals surface area contributed by atoms with Crippen molar-refractivity contribution in [2.24, 2.45) is 0 Å². The van der Waals surface area contributed by atoms with E-state index in [1.54, 1.807) is 0 Å². The fraction of sp³-hybridized carbons (Fsp3) is 0.125. The van der Waals surface area contributed by atoms with Crippen molar-refractivity contribution in [3.8, 4) is 0 Å². The highest BCUT2D eigenvalue weighted by Crippen LogP contribution is 2.12. The van der Waals surface area contributed by atoms with Gasteiger partial charge < -0.3 is 10.6 Å². The van der Waals surface area contributed by atoms with Crippen LogP contribution in [-0.4, -0.2) is 10.9 Å². The van der Waals surface area contributed by atoms with Gasteiger partial charge in [-0.3, -0.25) is 4.79 Å². The van der Waals surface area contributed by atoms with Gasteiger partial charge in [-0.25, -0.2) is 0 Å². The molecule has 0 saturated heterocycles. The minimum Gasteiger partial charge on any atom is -0.368 e. The van der Waals surface area contributed by atoms with Crippen LogP contribution >= 0.6 is 12.2 Å². The molecule has 0 heterocycles. The van der Waals surface area contributed by atoms with Crippen LogP contribution in [0.2, 0.25) is 0 Å². The van der Waals surface area contributed by atoms with Crippen molar-refractivity contribution in [1.82, 2.24) is 5.32 Å². The minimum absolute atomic E-state index is 0.192. The number of hydrogen-bond acceptors (Lipinski definition) is 2. The summed E-state index contributed by atoms with van der Waals surface area (Å²) in [5.74, 6) is -0.287. The average molecular weight is 284 g/mol. The van der Waals surface area contributed by atoms with Crippen LogP contribution in [0, 0.1) is 6.92 Å². The first kappa shape index (κ1) is 14.2. The second-order valence-electron chi connectivity index (χ2n) is 4.44. The number of benzene rings is 2. The van der Waals surface area contributed by atoms with Crippen LogP contribution in [0.4, 0.5) is 5.69 Å². The second-order valence-corrected chi connectivity index (χ2v) is 4.85. The number of para-hydroxylation sites is 1. The maximum atomic E-state index is 12.0. The molecule has 0 unspecified atom stereocenters. The Morgan fingerprint density at radius 3 is 2.40 bits per heavy atom. The Kier molecular flexibility index (Phi) is 4.85. The number of carbonyl (C=O) groups is 1. The summed E-state index contributed by atoms with van der Waals surface area (Å²) in [6.07, 6.45) is 0. The second kappa shape index (κ2) is 6.82. The summed E-state index contributed by atoms with van der Waals surface area (Å²) in [4.78, 5) is 12.2. The first-order valence-electron chi connectivity index (χ1n) is 6.35. The van der Waals surface area contributed by atoms with Crippen LogP contribution in [-0.2, 0) is 11.3 Å². The molecule has 0 saturated carbocycles. The lowest BCUT2D eigenvalue weighted by Gasteiger charge is -2.10. The molecule has 4 heteroatoms. The van der Waals surface area contributed by atoms with E-state index in [2.05, 4.69) is 10.6 Å². The Morgan fingerprint density at radius 2 is 1.70 bits per heavy atom. The van der Waals surface area contributed by atoms with E-state index in [-0.39, 0.29) is 10.9 Å². The van der Waals surface area contributed by atoms with E-state index in [0.29, 0.717) is 6.54 Å². The quantitative estimate of drug-likeness (QED) is 0.851. The summed E-state index contributed by atoms with van der Waals surface area (Å²) in [5.41, 5.74) is 2.87. The van der Waals surface area contributed by atoms with Gasteiger partial charge in [-0.2, -0.15) is 0 Å². The molecule has 0 aliphatic heterocycles. The van der Waals surface area contributed by atoms with E-state index >= 15 is 0 Å². The molecule has 3 nitrogen and oxygen atoms in total. The predicted molar refractivity (Wildman–Crippen MR) is 85.7 cm³/mol. The van der Waals surface area contributed by atoms with E-state index in [0.717, 1.165) is 16.8 Å². The number of thiocarbonyl (C=S) groups is 1. The fourth-order valence-electron chi connectivity index (χ4n) is 1.75. The number of aryl methyl sites for hydroxylation is 1. The molecule has 0 aliphatic rings. The van der Waals surface area contributed by atoms with E-state index < -0.39 is 0 Å². The van der Waals surface area contributed by atoms with Gasteiger partial charge in [-0.1, -0.05) is 60.7 Å². The molecular weight excluding hydrogens is 268 g/mol. The summed E-state index contributed by atoms with van der Waals surface area (Å²) in [5, 5.41) is 5.76. The molecule has 0 aliphatic carbocycles. The molecular formula is C16H16N2OS. The summed E-state index contributed by atoms with van der Waals surface area (Å²) < 4.78 is 0. The monoisotopic (exact) mass is 284 g/mol. The van der Waals surface area contributed by atoms with Crippen molar-refractivity contribution in [3.63, 3.8) is 0 Å². The van der Waals surface area contributed by atoms with Crippen molar-refractivity contribution in [3.05, 3.63) is 65.7 Å². The van der Waals surface area contributed by atoms with Crippen LogP contribution in [0.1, 0.15) is 11.1 Å². The van der Waals surface area contributed by atoms with Gasteiger partial charge in [0.05, 0.1) is 0 Å². The van der Waals surface area contributed by atoms with Gasteiger partial charge in [0.15, 0.2) is 4.99 Å². The van der Waals surface area contributed by atoms with Gasteiger partial charge in [0.2, 0.25) is 0 Å². The molecule has 0 atom stereocenters. The van der Waals surface area contributed by atoms with E-state index in [1.165, 1.54) is 0 Å². The summed E-state index contributed by atoms with van der Waals surface area (Å²) >= 11 is 5.10. The maximum absolute atomic E-state index is 12.0. The molecule has 0 radical (unpaired) electrons. The number of carbonyl (C=O) groups excluding carboxylic acids is 1. The molecule has 2 aromatic carbocycles. The van der Waals surface area contributed by atoms with Gasteiger partial charge in [0, 0.05) is 12.2 Å². The Morgan fingerprint density at radius 1 is 1.05 bits per heavy atom. The van der Waals surface area contributed by atoms with Crippen molar-refractivity contribution < 1.29 is 4.79 Å². The molecule has 0 bridgehead atoms. The van der Waals surface area contributed by atoms with Crippen molar-refractivity contribution >= 4 is 28.8 Å². The first-order chi connectivity index (χ1) is 9.66. The molecule has 2 rings (SSSR count). The third-order valence-corrected chi connectivity index (χ3v) is 3.23. The Hall–Kier alpha value is -2.20. The van der Waals surface area contributed by atoms with E-state index in [4.69, 9.17) is 12.2 Å². The van der Waals surface area contributed by atoms with Crippen molar-refractivity contribution in [2.45, 2.75) is 13.5 Å². The Bertz CT molecular complexity index is 611. The van der Waals surface area contributed by atoms with Crippen LogP contribution in [0.3, 0.4) is 0 Å². The summed E-state index contributed by atoms with van der Waals surface area (Å²) in [7, 11) is 0. The molecule has 2 aromatic rings. The predicted octanol–water partition coefficient (Wildman–Crippen LogP) is 3.05. The van der Waals surface area contributed by atoms with Gasteiger partial charge in [0.1, 0.15) is 0 Å². The zero-order chi connectivity index (χ0) is 14.4. The van der Waals surface area contributed by atoms with E-state index in [9.17, 15) is 4.79 Å². The summed E-state index contributed by atoms with van der Waals surface area (Å²) in [6.45, 7) is 2.48. The van der Waals surface area contributed by atoms with Gasteiger partial charge in [-0.15, -0.1) is 0 Å². The SMILES string of the molecule is Cc1ccccc1NC(=O)C(=S)NCc1ccccc1. The standard InChI is InChI=1S/C16H16N2OS/c1-12-7-5-6-10-14(12)18-15(19)16(20)17-11-13-8-3-2-4-9-13/h2-10H,11H2,1H3,(H,17,20)(H,18,19). The van der Waals surface area contributed by atoms with Crippen LogP contribution < -0.4 is 10.6 Å². The lowest BCUT2D eigenvalue weighted by Crippen LogP contribution is -2.33. The lowest BCUT2D eigenvalue weighted by molar-refractivity contribution is -0.110. The molecule has 0 spiro atoms. The molecule has 102 valence electrons. The zero-order valence-electron chi connectivity index (χ0n) is 11.2. The molecule has 0 fully saturated rings. The maximum Gasteiger partial charge on any atom is 0.283 e. The highest BCUT2D eigenvalue weighted by atomic mass is 32.1. The molecule has 20 heavy (non-hydrogen) atoms. The van der Waals surface area contributed by atoms with Gasteiger partial charge in [0.25, 0.3) is 5.91 Å². The summed E-state index contributed by atoms with van der Waals surface area (Å²) in [6, 6.07) is 17.4. The first-order valence-corrected chi connectivity index (χ1v) is 6.76. The average Bonchev–Trinajstić information content (AvgIpc) is 2.48. The number of hydrogen-bond donors (Lipinski definition) is 2. The highest BCUT2D eigenvalue weighted by molar-refractivity contribution is 7.82. The molecule has 2 N–H and O–H groups in total. The number of nitrogens with one attached hydrogen (secondary N) is 2. The normalized spacial score (nSPS) is 9.85. The lowest BCUT2D eigenvalue weighted by atomic mass is 10.2. The van der Waals surface area contributed by atoms with Gasteiger partial charge in [-0.05, 0) is 24.1 Å². The minimum atomic E-state index is -0.287. The largest absolute Gasteiger partial charge is 0.368 e. The highest BCUT2D eigenvalue weighted by Gasteiger charge is 2.09. The zero-order valence-corrected chi connectivity index (χ0v) is 12.0. The molecule has 1 amide bonds. The number of anilines is 1. The van der Waals surface area contributed by atoms with Crippen molar-refractivity contribution in [2.75, 3.05) is 5.32 Å². The van der Waals surface area contributed by atoms with Crippen LogP contribution in [0.5, 0.6) is 0 Å². The Labute approximate surface area is 124 Å². The van der Waals surface area contributed by atoms with Gasteiger partial charge >= 0.3 is 0 Å².